The number of rotatable bonds is 7. The van der Waals surface area contributed by atoms with Crippen LogP contribution in [0.15, 0.2) is 22.7 Å². The van der Waals surface area contributed by atoms with E-state index >= 15 is 0 Å². The molecule has 0 atom stereocenters. The van der Waals surface area contributed by atoms with Crippen molar-refractivity contribution in [3.8, 4) is 0 Å². The first-order valence-electron chi connectivity index (χ1n) is 6.68. The van der Waals surface area contributed by atoms with Crippen LogP contribution in [-0.2, 0) is 23.1 Å². The molecule has 2 aromatic rings. The second-order valence-electron chi connectivity index (χ2n) is 5.14. The van der Waals surface area contributed by atoms with Crippen LogP contribution in [-0.4, -0.2) is 24.7 Å². The van der Waals surface area contributed by atoms with Crippen LogP contribution in [0.3, 0.4) is 0 Å². The lowest BCUT2D eigenvalue weighted by molar-refractivity contribution is 0.583. The second kappa shape index (κ2) is 6.69. The molecule has 0 saturated carbocycles. The van der Waals surface area contributed by atoms with E-state index in [0.29, 0.717) is 16.8 Å². The summed E-state index contributed by atoms with van der Waals surface area (Å²) in [6.45, 7) is 6.98. The van der Waals surface area contributed by atoms with Gasteiger partial charge in [0.2, 0.25) is 10.0 Å². The Morgan fingerprint density at radius 2 is 2.14 bits per heavy atom. The highest BCUT2D eigenvalue weighted by molar-refractivity contribution is 7.91. The van der Waals surface area contributed by atoms with E-state index in [1.54, 1.807) is 18.5 Å². The second-order valence-corrected chi connectivity index (χ2v) is 8.27. The first-order chi connectivity index (χ1) is 9.88. The Morgan fingerprint density at radius 1 is 1.38 bits per heavy atom. The van der Waals surface area contributed by atoms with Gasteiger partial charge in [-0.2, -0.15) is 5.10 Å². The minimum atomic E-state index is -3.48. The molecular weight excluding hydrogens is 308 g/mol. The number of hydrogen-bond acceptors (Lipinski definition) is 5. The quantitative estimate of drug-likeness (QED) is 0.723. The van der Waals surface area contributed by atoms with Gasteiger partial charge in [-0.1, -0.05) is 13.8 Å². The molecule has 0 aliphatic heterocycles. The van der Waals surface area contributed by atoms with Crippen molar-refractivity contribution in [1.29, 1.82) is 0 Å². The van der Waals surface area contributed by atoms with Crippen molar-refractivity contribution in [2.45, 2.75) is 44.1 Å². The Bertz CT molecular complexity index is 675. The number of hydrogen-bond donors (Lipinski definition) is 3. The smallest absolute Gasteiger partial charge is 0.250 e. The van der Waals surface area contributed by atoms with Gasteiger partial charge in [0.15, 0.2) is 0 Å². The van der Waals surface area contributed by atoms with Crippen LogP contribution in [0.25, 0.3) is 0 Å². The minimum Gasteiger partial charge on any atom is -0.310 e. The summed E-state index contributed by atoms with van der Waals surface area (Å²) in [5, 5.41) is 9.75. The molecule has 2 rings (SSSR count). The van der Waals surface area contributed by atoms with Crippen molar-refractivity contribution in [2.75, 3.05) is 0 Å². The maximum atomic E-state index is 12.3. The van der Waals surface area contributed by atoms with Gasteiger partial charge in [0.1, 0.15) is 4.21 Å². The van der Waals surface area contributed by atoms with Gasteiger partial charge in [-0.15, -0.1) is 11.3 Å². The van der Waals surface area contributed by atoms with E-state index in [1.807, 2.05) is 6.92 Å². The normalized spacial score (nSPS) is 12.2. The minimum absolute atomic E-state index is 0.232. The third-order valence-electron chi connectivity index (χ3n) is 2.95. The van der Waals surface area contributed by atoms with Crippen LogP contribution < -0.4 is 10.0 Å². The van der Waals surface area contributed by atoms with E-state index in [-0.39, 0.29) is 6.54 Å². The molecule has 0 radical (unpaired) electrons. The van der Waals surface area contributed by atoms with Crippen LogP contribution in [0.4, 0.5) is 0 Å². The molecule has 0 saturated heterocycles. The van der Waals surface area contributed by atoms with Crippen LogP contribution in [0, 0.1) is 6.92 Å². The molecule has 6 nitrogen and oxygen atoms in total. The molecule has 0 aliphatic rings. The van der Waals surface area contributed by atoms with Crippen LogP contribution in [0.1, 0.15) is 29.9 Å². The van der Waals surface area contributed by atoms with Gasteiger partial charge in [0, 0.05) is 35.8 Å². The zero-order valence-electron chi connectivity index (χ0n) is 12.3. The number of aryl methyl sites for hydroxylation is 1. The van der Waals surface area contributed by atoms with Crippen LogP contribution in [0.5, 0.6) is 0 Å². The van der Waals surface area contributed by atoms with E-state index < -0.39 is 10.0 Å². The van der Waals surface area contributed by atoms with Gasteiger partial charge in [0.05, 0.1) is 6.20 Å². The van der Waals surface area contributed by atoms with E-state index in [1.165, 1.54) is 11.3 Å². The number of aromatic amines is 1. The van der Waals surface area contributed by atoms with Crippen molar-refractivity contribution < 1.29 is 8.42 Å². The molecule has 0 spiro atoms. The maximum absolute atomic E-state index is 12.3. The lowest BCUT2D eigenvalue weighted by atomic mass is 10.3. The van der Waals surface area contributed by atoms with E-state index in [2.05, 4.69) is 34.1 Å². The Labute approximate surface area is 129 Å². The fourth-order valence-corrected chi connectivity index (χ4v) is 4.32. The summed E-state index contributed by atoms with van der Waals surface area (Å²) in [4.78, 5) is 1.05. The number of nitrogens with one attached hydrogen (secondary N) is 3. The number of aromatic nitrogens is 2. The molecule has 2 aromatic heterocycles. The van der Waals surface area contributed by atoms with E-state index in [9.17, 15) is 8.42 Å². The Kier molecular flexibility index (Phi) is 5.15. The number of nitrogens with zero attached hydrogens (tertiary/aromatic N) is 1. The van der Waals surface area contributed by atoms with Gasteiger partial charge < -0.3 is 5.32 Å². The lowest BCUT2D eigenvalue weighted by Gasteiger charge is -2.06. The summed E-state index contributed by atoms with van der Waals surface area (Å²) < 4.78 is 27.5. The fourth-order valence-electron chi connectivity index (χ4n) is 1.72. The molecule has 8 heteroatoms. The number of H-pyrrole nitrogens is 1. The van der Waals surface area contributed by atoms with Crippen molar-refractivity contribution >= 4 is 21.4 Å². The zero-order valence-corrected chi connectivity index (χ0v) is 13.9. The Balaban J connectivity index is 2.07. The topological polar surface area (TPSA) is 86.9 Å². The standard InChI is InChI=1S/C13H20N4O2S2/c1-9(2)14-8-12-10(3)4-13(20-12)21(18,19)17-7-11-5-15-16-6-11/h4-6,9,14,17H,7-8H2,1-3H3,(H,15,16). The molecular formula is C13H20N4O2S2. The highest BCUT2D eigenvalue weighted by Gasteiger charge is 2.18. The Hall–Kier alpha value is -1.22. The van der Waals surface area contributed by atoms with Gasteiger partial charge in [-0.25, -0.2) is 13.1 Å². The summed E-state index contributed by atoms with van der Waals surface area (Å²) in [5.74, 6) is 0. The first kappa shape index (κ1) is 16.2. The van der Waals surface area contributed by atoms with Crippen molar-refractivity contribution in [3.63, 3.8) is 0 Å². The molecule has 0 fully saturated rings. The molecule has 0 aromatic carbocycles. The molecule has 21 heavy (non-hydrogen) atoms. The third-order valence-corrected chi connectivity index (χ3v) is 6.07. The fraction of sp³-hybridized carbons (Fsp3) is 0.462. The molecule has 3 N–H and O–H groups in total. The van der Waals surface area contributed by atoms with Crippen molar-refractivity contribution in [3.05, 3.63) is 34.5 Å². The van der Waals surface area contributed by atoms with Crippen molar-refractivity contribution in [1.82, 2.24) is 20.2 Å². The predicted octanol–water partition coefficient (Wildman–Crippen LogP) is 1.76. The predicted molar refractivity (Wildman–Crippen MR) is 83.6 cm³/mol. The van der Waals surface area contributed by atoms with Gasteiger partial charge in [0.25, 0.3) is 0 Å². The van der Waals surface area contributed by atoms with E-state index in [4.69, 9.17) is 0 Å². The molecule has 0 bridgehead atoms. The number of thiophene rings is 1. The van der Waals surface area contributed by atoms with Crippen LogP contribution in [0.2, 0.25) is 0 Å². The molecule has 116 valence electrons. The Morgan fingerprint density at radius 3 is 2.76 bits per heavy atom. The summed E-state index contributed by atoms with van der Waals surface area (Å²) in [5.41, 5.74) is 1.80. The van der Waals surface area contributed by atoms with Gasteiger partial charge in [-0.05, 0) is 18.6 Å². The maximum Gasteiger partial charge on any atom is 0.250 e. The molecule has 2 heterocycles. The summed E-state index contributed by atoms with van der Waals surface area (Å²) >= 11 is 1.31. The van der Waals surface area contributed by atoms with E-state index in [0.717, 1.165) is 16.0 Å². The summed E-state index contributed by atoms with van der Waals surface area (Å²) in [7, 11) is -3.48. The average Bonchev–Trinajstić information content (AvgIpc) is 3.04. The third kappa shape index (κ3) is 4.37. The monoisotopic (exact) mass is 328 g/mol. The SMILES string of the molecule is Cc1cc(S(=O)(=O)NCc2cn[nH]c2)sc1CNC(C)C. The van der Waals surface area contributed by atoms with Gasteiger partial charge in [-0.3, -0.25) is 5.10 Å². The lowest BCUT2D eigenvalue weighted by Crippen LogP contribution is -2.22. The largest absolute Gasteiger partial charge is 0.310 e. The average molecular weight is 328 g/mol. The summed E-state index contributed by atoms with van der Waals surface area (Å²) in [6.07, 6.45) is 3.26. The van der Waals surface area contributed by atoms with Crippen LogP contribution >= 0.6 is 11.3 Å². The molecule has 0 amide bonds. The summed E-state index contributed by atoms with van der Waals surface area (Å²) in [6, 6.07) is 2.09. The first-order valence-corrected chi connectivity index (χ1v) is 8.98. The van der Waals surface area contributed by atoms with Crippen molar-refractivity contribution in [2.24, 2.45) is 0 Å². The number of sulfonamides is 1. The zero-order chi connectivity index (χ0) is 15.5. The highest BCUT2D eigenvalue weighted by atomic mass is 32.2. The highest BCUT2D eigenvalue weighted by Crippen LogP contribution is 2.26. The molecule has 0 unspecified atom stereocenters. The van der Waals surface area contributed by atoms with Gasteiger partial charge >= 0.3 is 0 Å². The molecule has 0 aliphatic carbocycles.